The van der Waals surface area contributed by atoms with Gasteiger partial charge in [-0.05, 0) is 37.6 Å². The first-order valence-electron chi connectivity index (χ1n) is 8.81. The van der Waals surface area contributed by atoms with Crippen molar-refractivity contribution in [2.75, 3.05) is 5.32 Å². The van der Waals surface area contributed by atoms with Crippen LogP contribution in [-0.4, -0.2) is 37.5 Å². The van der Waals surface area contributed by atoms with E-state index in [1.807, 2.05) is 62.4 Å². The molecule has 2 aliphatic heterocycles. The quantitative estimate of drug-likeness (QED) is 0.715. The van der Waals surface area contributed by atoms with Crippen molar-refractivity contribution in [2.24, 2.45) is 0 Å². The third-order valence-electron chi connectivity index (χ3n) is 5.18. The van der Waals surface area contributed by atoms with Crippen LogP contribution in [0.2, 0.25) is 0 Å². The highest BCUT2D eigenvalue weighted by Gasteiger charge is 2.57. The molecule has 2 aromatic carbocycles. The summed E-state index contributed by atoms with van der Waals surface area (Å²) in [7, 11) is 0. The molecule has 0 aliphatic carbocycles. The molecule has 0 saturated carbocycles. The molecule has 3 aromatic rings. The minimum atomic E-state index is -0.583. The summed E-state index contributed by atoms with van der Waals surface area (Å²) in [5.74, 6) is 0.0863. The third kappa shape index (κ3) is 2.38. The van der Waals surface area contributed by atoms with Crippen molar-refractivity contribution < 1.29 is 9.59 Å². The molecule has 0 spiro atoms. The topological polar surface area (TPSA) is 78.1 Å². The van der Waals surface area contributed by atoms with Crippen LogP contribution in [0.25, 0.3) is 11.0 Å². The van der Waals surface area contributed by atoms with Gasteiger partial charge in [0, 0.05) is 10.3 Å². The van der Waals surface area contributed by atoms with E-state index in [0.717, 1.165) is 16.6 Å². The van der Waals surface area contributed by atoms with Gasteiger partial charge in [-0.3, -0.25) is 14.9 Å². The summed E-state index contributed by atoms with van der Waals surface area (Å²) in [4.78, 5) is 35.4. The minimum Gasteiger partial charge on any atom is -0.324 e. The molecule has 2 atom stereocenters. The normalized spacial score (nSPS) is 22.7. The molecular weight excluding hydrogens is 360 g/mol. The van der Waals surface area contributed by atoms with E-state index in [9.17, 15) is 9.59 Å². The van der Waals surface area contributed by atoms with Crippen LogP contribution in [0, 0.1) is 0 Å². The Morgan fingerprint density at radius 1 is 1.19 bits per heavy atom. The van der Waals surface area contributed by atoms with Crippen LogP contribution in [0.5, 0.6) is 0 Å². The molecule has 3 heterocycles. The SMILES string of the molecule is CC1(C)S[C@H]2c3ccccc3C(=O)N2[C@@H]1C(=O)Nc1nc2ccccc2[nH]1. The van der Waals surface area contributed by atoms with Crippen LogP contribution >= 0.6 is 11.8 Å². The number of para-hydroxylation sites is 2. The number of hydrogen-bond donors (Lipinski definition) is 2. The maximum absolute atomic E-state index is 13.2. The molecule has 0 unspecified atom stereocenters. The van der Waals surface area contributed by atoms with Crippen LogP contribution in [0.3, 0.4) is 0 Å². The fourth-order valence-electron chi connectivity index (χ4n) is 4.00. The average molecular weight is 378 g/mol. The molecule has 7 heteroatoms. The highest BCUT2D eigenvalue weighted by atomic mass is 32.2. The standard InChI is InChI=1S/C20H18N4O2S/c1-20(2)15(16(25)23-19-21-13-9-5-6-10-14(13)22-19)24-17(26)11-7-3-4-8-12(11)18(24)27-20/h3-10,15,18H,1-2H3,(H2,21,22,23,25)/t15-,18+/m1/s1. The van der Waals surface area contributed by atoms with Gasteiger partial charge in [0.05, 0.1) is 11.0 Å². The zero-order chi connectivity index (χ0) is 18.8. The van der Waals surface area contributed by atoms with Gasteiger partial charge in [-0.2, -0.15) is 0 Å². The fraction of sp³-hybridized carbons (Fsp3) is 0.250. The van der Waals surface area contributed by atoms with Crippen molar-refractivity contribution in [3.05, 3.63) is 59.7 Å². The monoisotopic (exact) mass is 378 g/mol. The summed E-state index contributed by atoms with van der Waals surface area (Å²) in [5, 5.41) is 2.75. The van der Waals surface area contributed by atoms with Gasteiger partial charge < -0.3 is 9.88 Å². The molecule has 136 valence electrons. The summed E-state index contributed by atoms with van der Waals surface area (Å²) < 4.78 is -0.413. The number of benzene rings is 2. The smallest absolute Gasteiger partial charge is 0.256 e. The van der Waals surface area contributed by atoms with Crippen molar-refractivity contribution >= 4 is 40.6 Å². The van der Waals surface area contributed by atoms with Gasteiger partial charge >= 0.3 is 0 Å². The van der Waals surface area contributed by atoms with Gasteiger partial charge in [0.15, 0.2) is 0 Å². The summed E-state index contributed by atoms with van der Waals surface area (Å²) in [6, 6.07) is 14.6. The van der Waals surface area contributed by atoms with Gasteiger partial charge in [-0.15, -0.1) is 11.8 Å². The van der Waals surface area contributed by atoms with Crippen molar-refractivity contribution in [2.45, 2.75) is 30.0 Å². The molecule has 6 nitrogen and oxygen atoms in total. The molecule has 5 rings (SSSR count). The van der Waals surface area contributed by atoms with E-state index in [1.165, 1.54) is 0 Å². The number of anilines is 1. The maximum atomic E-state index is 13.2. The first-order valence-corrected chi connectivity index (χ1v) is 9.69. The van der Waals surface area contributed by atoms with E-state index in [0.29, 0.717) is 11.5 Å². The van der Waals surface area contributed by atoms with E-state index < -0.39 is 10.8 Å². The molecule has 2 amide bonds. The second kappa shape index (κ2) is 5.60. The first-order chi connectivity index (χ1) is 13.0. The average Bonchev–Trinajstić information content (AvgIpc) is 3.25. The summed E-state index contributed by atoms with van der Waals surface area (Å²) in [5.41, 5.74) is 3.32. The molecule has 1 saturated heterocycles. The fourth-order valence-corrected chi connectivity index (χ4v) is 5.59. The van der Waals surface area contributed by atoms with Gasteiger partial charge in [-0.25, -0.2) is 4.98 Å². The van der Waals surface area contributed by atoms with Crippen LogP contribution in [0.15, 0.2) is 48.5 Å². The second-order valence-corrected chi connectivity index (χ2v) is 9.10. The van der Waals surface area contributed by atoms with Crippen LogP contribution < -0.4 is 5.32 Å². The lowest BCUT2D eigenvalue weighted by Crippen LogP contribution is -2.50. The molecule has 1 fully saturated rings. The number of imidazole rings is 1. The van der Waals surface area contributed by atoms with E-state index in [4.69, 9.17) is 0 Å². The van der Waals surface area contributed by atoms with Gasteiger partial charge in [0.2, 0.25) is 5.95 Å². The van der Waals surface area contributed by atoms with E-state index >= 15 is 0 Å². The Morgan fingerprint density at radius 3 is 2.74 bits per heavy atom. The van der Waals surface area contributed by atoms with Crippen LogP contribution in [-0.2, 0) is 4.79 Å². The maximum Gasteiger partial charge on any atom is 0.256 e. The first kappa shape index (κ1) is 16.4. The number of thioether (sulfide) groups is 1. The predicted octanol–water partition coefficient (Wildman–Crippen LogP) is 3.55. The third-order valence-corrected chi connectivity index (χ3v) is 6.71. The number of aromatic amines is 1. The Balaban J connectivity index is 1.48. The Hall–Kier alpha value is -2.80. The Kier molecular flexibility index (Phi) is 3.40. The molecule has 2 N–H and O–H groups in total. The Bertz CT molecular complexity index is 1060. The Labute approximate surface area is 160 Å². The lowest BCUT2D eigenvalue weighted by molar-refractivity contribution is -0.121. The van der Waals surface area contributed by atoms with Crippen molar-refractivity contribution in [1.82, 2.24) is 14.9 Å². The Morgan fingerprint density at radius 2 is 1.93 bits per heavy atom. The number of H-pyrrole nitrogens is 1. The van der Waals surface area contributed by atoms with Crippen LogP contribution in [0.1, 0.15) is 35.1 Å². The van der Waals surface area contributed by atoms with Gasteiger partial charge in [0.25, 0.3) is 11.8 Å². The van der Waals surface area contributed by atoms with E-state index in [1.54, 1.807) is 16.7 Å². The van der Waals surface area contributed by atoms with Gasteiger partial charge in [0.1, 0.15) is 11.4 Å². The molecular formula is C20H18N4O2S. The molecule has 1 aromatic heterocycles. The van der Waals surface area contributed by atoms with Crippen molar-refractivity contribution in [3.8, 4) is 0 Å². The summed E-state index contributed by atoms with van der Waals surface area (Å²) in [6.45, 7) is 4.02. The number of nitrogens with zero attached hydrogens (tertiary/aromatic N) is 2. The van der Waals surface area contributed by atoms with Crippen molar-refractivity contribution in [1.29, 1.82) is 0 Å². The van der Waals surface area contributed by atoms with Gasteiger partial charge in [-0.1, -0.05) is 30.3 Å². The predicted molar refractivity (Wildman–Crippen MR) is 106 cm³/mol. The minimum absolute atomic E-state index is 0.0848. The lowest BCUT2D eigenvalue weighted by Gasteiger charge is -2.29. The van der Waals surface area contributed by atoms with Crippen LogP contribution in [0.4, 0.5) is 5.95 Å². The zero-order valence-electron chi connectivity index (χ0n) is 14.9. The zero-order valence-corrected chi connectivity index (χ0v) is 15.7. The lowest BCUT2D eigenvalue weighted by atomic mass is 10.0. The summed E-state index contributed by atoms with van der Waals surface area (Å²) in [6.07, 6.45) is 0. The summed E-state index contributed by atoms with van der Waals surface area (Å²) >= 11 is 1.65. The number of carbonyl (C=O) groups excluding carboxylic acids is 2. The van der Waals surface area contributed by atoms with E-state index in [2.05, 4.69) is 15.3 Å². The van der Waals surface area contributed by atoms with Crippen molar-refractivity contribution in [3.63, 3.8) is 0 Å². The molecule has 0 bridgehead atoms. The number of nitrogens with one attached hydrogen (secondary N) is 2. The number of hydrogen-bond acceptors (Lipinski definition) is 4. The number of amides is 2. The number of carbonyl (C=O) groups is 2. The number of rotatable bonds is 2. The highest BCUT2D eigenvalue weighted by molar-refractivity contribution is 8.01. The highest BCUT2D eigenvalue weighted by Crippen LogP contribution is 2.56. The molecule has 0 radical (unpaired) electrons. The number of aromatic nitrogens is 2. The molecule has 2 aliphatic rings. The number of fused-ring (bicyclic) bond motifs is 4. The second-order valence-electron chi connectivity index (χ2n) is 7.37. The van der Waals surface area contributed by atoms with E-state index in [-0.39, 0.29) is 17.2 Å². The molecule has 27 heavy (non-hydrogen) atoms. The largest absolute Gasteiger partial charge is 0.324 e.